The van der Waals surface area contributed by atoms with Crippen LogP contribution in [-0.2, 0) is 6.42 Å². The van der Waals surface area contributed by atoms with Crippen molar-refractivity contribution in [2.24, 2.45) is 0 Å². The molecule has 2 rings (SSSR count). The molecule has 2 aromatic rings. The van der Waals surface area contributed by atoms with E-state index in [4.69, 9.17) is 0 Å². The van der Waals surface area contributed by atoms with Gasteiger partial charge in [-0.05, 0) is 50.1 Å². The zero-order valence-electron chi connectivity index (χ0n) is 11.2. The minimum Gasteiger partial charge on any atom is -0.294 e. The highest BCUT2D eigenvalue weighted by molar-refractivity contribution is 5.98. The highest BCUT2D eigenvalue weighted by Crippen LogP contribution is 2.15. The zero-order chi connectivity index (χ0) is 14.0. The van der Waals surface area contributed by atoms with Crippen LogP contribution < -0.4 is 0 Å². The van der Waals surface area contributed by atoms with Crippen molar-refractivity contribution in [1.29, 1.82) is 0 Å². The predicted octanol–water partition coefficient (Wildman–Crippen LogP) is 2.97. The third-order valence-electron chi connectivity index (χ3n) is 3.06. The van der Waals surface area contributed by atoms with Crippen molar-refractivity contribution in [3.8, 4) is 0 Å². The number of rotatable bonds is 3. The summed E-state index contributed by atoms with van der Waals surface area (Å²) in [6.07, 6.45) is 0.248. The Morgan fingerprint density at radius 1 is 1.16 bits per heavy atom. The van der Waals surface area contributed by atoms with Gasteiger partial charge in [0.2, 0.25) is 0 Å². The highest BCUT2D eigenvalue weighted by Gasteiger charge is 2.13. The van der Waals surface area contributed by atoms with Crippen molar-refractivity contribution >= 4 is 5.78 Å². The molecule has 0 saturated heterocycles. The number of aryl methyl sites for hydroxylation is 3. The van der Waals surface area contributed by atoms with Crippen molar-refractivity contribution in [3.05, 3.63) is 58.2 Å². The number of aromatic nitrogens is 2. The van der Waals surface area contributed by atoms with Gasteiger partial charge in [-0.2, -0.15) is 10.2 Å². The van der Waals surface area contributed by atoms with E-state index in [2.05, 4.69) is 10.2 Å². The van der Waals surface area contributed by atoms with E-state index in [1.807, 2.05) is 0 Å². The van der Waals surface area contributed by atoms with E-state index in [9.17, 15) is 9.18 Å². The van der Waals surface area contributed by atoms with Gasteiger partial charge in [0.25, 0.3) is 0 Å². The van der Waals surface area contributed by atoms with Crippen molar-refractivity contribution in [2.45, 2.75) is 27.2 Å². The van der Waals surface area contributed by atoms with Crippen molar-refractivity contribution in [2.75, 3.05) is 0 Å². The first kappa shape index (κ1) is 13.3. The Labute approximate surface area is 111 Å². The Morgan fingerprint density at radius 3 is 2.58 bits per heavy atom. The van der Waals surface area contributed by atoms with Crippen LogP contribution in [0.2, 0.25) is 0 Å². The lowest BCUT2D eigenvalue weighted by atomic mass is 9.99. The maximum atomic E-state index is 13.0. The Hall–Kier alpha value is -2.10. The lowest BCUT2D eigenvalue weighted by Gasteiger charge is -2.07. The van der Waals surface area contributed by atoms with Gasteiger partial charge in [-0.1, -0.05) is 6.07 Å². The highest BCUT2D eigenvalue weighted by atomic mass is 19.1. The van der Waals surface area contributed by atoms with Gasteiger partial charge in [-0.25, -0.2) is 4.39 Å². The molecule has 0 N–H and O–H groups in total. The number of ketones is 1. The molecule has 0 spiro atoms. The monoisotopic (exact) mass is 258 g/mol. The molecule has 0 bridgehead atoms. The van der Waals surface area contributed by atoms with Crippen LogP contribution in [0.5, 0.6) is 0 Å². The molecule has 0 radical (unpaired) electrons. The molecule has 0 aliphatic carbocycles. The smallest absolute Gasteiger partial charge is 0.169 e. The maximum Gasteiger partial charge on any atom is 0.169 e. The molecular weight excluding hydrogens is 243 g/mol. The molecule has 0 aliphatic heterocycles. The lowest BCUT2D eigenvalue weighted by Crippen LogP contribution is -2.09. The topological polar surface area (TPSA) is 42.9 Å². The van der Waals surface area contributed by atoms with Crippen LogP contribution in [0.4, 0.5) is 4.39 Å². The average molecular weight is 258 g/mol. The van der Waals surface area contributed by atoms with E-state index in [1.165, 1.54) is 12.1 Å². The summed E-state index contributed by atoms with van der Waals surface area (Å²) >= 11 is 0. The zero-order valence-corrected chi connectivity index (χ0v) is 11.2. The predicted molar refractivity (Wildman–Crippen MR) is 70.7 cm³/mol. The average Bonchev–Trinajstić information content (AvgIpc) is 2.35. The number of benzene rings is 1. The van der Waals surface area contributed by atoms with Gasteiger partial charge in [0.15, 0.2) is 5.78 Å². The first-order chi connectivity index (χ1) is 8.97. The van der Waals surface area contributed by atoms with E-state index in [-0.39, 0.29) is 18.0 Å². The summed E-state index contributed by atoms with van der Waals surface area (Å²) in [5.41, 5.74) is 3.53. The third-order valence-corrected chi connectivity index (χ3v) is 3.06. The second kappa shape index (κ2) is 5.26. The van der Waals surface area contributed by atoms with Crippen LogP contribution in [-0.4, -0.2) is 16.0 Å². The summed E-state index contributed by atoms with van der Waals surface area (Å²) in [5.74, 6) is -0.309. The number of halogens is 1. The molecule has 3 nitrogen and oxygen atoms in total. The molecule has 19 heavy (non-hydrogen) atoms. The van der Waals surface area contributed by atoms with Crippen molar-refractivity contribution in [1.82, 2.24) is 10.2 Å². The maximum absolute atomic E-state index is 13.0. The summed E-state index contributed by atoms with van der Waals surface area (Å²) in [7, 11) is 0. The fourth-order valence-electron chi connectivity index (χ4n) is 1.96. The number of nitrogens with zero attached hydrogens (tertiary/aromatic N) is 2. The van der Waals surface area contributed by atoms with E-state index in [0.717, 1.165) is 11.1 Å². The van der Waals surface area contributed by atoms with E-state index < -0.39 is 0 Å². The van der Waals surface area contributed by atoms with Gasteiger partial charge >= 0.3 is 0 Å². The van der Waals surface area contributed by atoms with Gasteiger partial charge in [0.1, 0.15) is 5.82 Å². The van der Waals surface area contributed by atoms with Crippen LogP contribution in [0, 0.1) is 26.6 Å². The quantitative estimate of drug-likeness (QED) is 0.795. The second-order valence-electron chi connectivity index (χ2n) is 4.66. The minimum absolute atomic E-state index is 0.0230. The minimum atomic E-state index is -0.286. The SMILES string of the molecule is Cc1cc(C(=O)Cc2ccc(F)cc2C)c(C)nn1. The largest absolute Gasteiger partial charge is 0.294 e. The van der Waals surface area contributed by atoms with Crippen LogP contribution in [0.15, 0.2) is 24.3 Å². The molecule has 0 unspecified atom stereocenters. The third kappa shape index (κ3) is 3.02. The summed E-state index contributed by atoms with van der Waals surface area (Å²) < 4.78 is 13.0. The van der Waals surface area contributed by atoms with Crippen LogP contribution in [0.1, 0.15) is 32.9 Å². The van der Waals surface area contributed by atoms with Crippen LogP contribution in [0.25, 0.3) is 0 Å². The number of hydrogen-bond donors (Lipinski definition) is 0. The molecule has 0 atom stereocenters. The molecule has 0 aliphatic rings. The van der Waals surface area contributed by atoms with Crippen LogP contribution >= 0.6 is 0 Å². The van der Waals surface area contributed by atoms with E-state index >= 15 is 0 Å². The molecule has 0 saturated carbocycles. The molecule has 98 valence electrons. The molecule has 0 fully saturated rings. The normalized spacial score (nSPS) is 10.5. The van der Waals surface area contributed by atoms with Crippen molar-refractivity contribution < 1.29 is 9.18 Å². The van der Waals surface area contributed by atoms with Gasteiger partial charge in [-0.15, -0.1) is 0 Å². The van der Waals surface area contributed by atoms with Gasteiger partial charge < -0.3 is 0 Å². The van der Waals surface area contributed by atoms with Gasteiger partial charge in [0, 0.05) is 12.0 Å². The van der Waals surface area contributed by atoms with E-state index in [1.54, 1.807) is 32.9 Å². The second-order valence-corrected chi connectivity index (χ2v) is 4.66. The van der Waals surface area contributed by atoms with Crippen molar-refractivity contribution in [3.63, 3.8) is 0 Å². The molecule has 0 amide bonds. The number of carbonyl (C=O) groups is 1. The number of hydrogen-bond acceptors (Lipinski definition) is 3. The number of Topliss-reactive ketones (excluding diaryl/α,β-unsaturated/α-hetero) is 1. The Kier molecular flexibility index (Phi) is 3.69. The standard InChI is InChI=1S/C15H15FN2O/c1-9-6-13(16)5-4-12(9)8-15(19)14-7-10(2)17-18-11(14)3/h4-7H,8H2,1-3H3. The number of carbonyl (C=O) groups excluding carboxylic acids is 1. The van der Waals surface area contributed by atoms with Crippen LogP contribution in [0.3, 0.4) is 0 Å². The molecule has 4 heteroatoms. The molecule has 1 heterocycles. The molecule has 1 aromatic carbocycles. The first-order valence-electron chi connectivity index (χ1n) is 6.06. The Balaban J connectivity index is 2.28. The fraction of sp³-hybridized carbons (Fsp3) is 0.267. The fourth-order valence-corrected chi connectivity index (χ4v) is 1.96. The van der Waals surface area contributed by atoms with Gasteiger partial charge in [0.05, 0.1) is 11.4 Å². The Morgan fingerprint density at radius 2 is 1.89 bits per heavy atom. The Bertz CT molecular complexity index is 638. The van der Waals surface area contributed by atoms with Gasteiger partial charge in [-0.3, -0.25) is 4.79 Å². The van der Waals surface area contributed by atoms with E-state index in [0.29, 0.717) is 17.0 Å². The first-order valence-corrected chi connectivity index (χ1v) is 6.06. The summed E-state index contributed by atoms with van der Waals surface area (Å²) in [4.78, 5) is 12.3. The molecular formula is C15H15FN2O. The molecule has 1 aromatic heterocycles. The lowest BCUT2D eigenvalue weighted by molar-refractivity contribution is 0.0991. The summed E-state index contributed by atoms with van der Waals surface area (Å²) in [6, 6.07) is 6.20. The summed E-state index contributed by atoms with van der Waals surface area (Å²) in [6.45, 7) is 5.36. The summed E-state index contributed by atoms with van der Waals surface area (Å²) in [5, 5.41) is 7.85.